The minimum Gasteiger partial charge on any atom is -0.490 e. The molecule has 0 aliphatic rings. The van der Waals surface area contributed by atoms with Gasteiger partial charge in [0, 0.05) is 10.0 Å². The first-order valence-electron chi connectivity index (χ1n) is 6.43. The third kappa shape index (κ3) is 3.82. The van der Waals surface area contributed by atoms with Gasteiger partial charge in [-0.3, -0.25) is 4.79 Å². The van der Waals surface area contributed by atoms with Crippen LogP contribution in [0.25, 0.3) is 0 Å². The molecule has 0 heterocycles. The Morgan fingerprint density at radius 1 is 1.24 bits per heavy atom. The van der Waals surface area contributed by atoms with Crippen LogP contribution in [-0.4, -0.2) is 12.9 Å². The Bertz CT molecular complexity index is 643. The molecule has 0 bridgehead atoms. The molecular weight excluding hydrogens is 339 g/mol. The van der Waals surface area contributed by atoms with Crippen molar-refractivity contribution in [2.45, 2.75) is 13.5 Å². The lowest BCUT2D eigenvalue weighted by molar-refractivity contribution is 0.111. The molecule has 0 aliphatic heterocycles. The number of carbonyl (C=O) groups is 1. The number of benzene rings is 2. The van der Waals surface area contributed by atoms with Gasteiger partial charge in [0.15, 0.2) is 17.8 Å². The summed E-state index contributed by atoms with van der Waals surface area (Å²) in [4.78, 5) is 11.1. The first-order valence-corrected chi connectivity index (χ1v) is 7.22. The Morgan fingerprint density at radius 2 is 2.05 bits per heavy atom. The molecule has 0 atom stereocenters. The molecule has 3 nitrogen and oxygen atoms in total. The molecule has 0 saturated carbocycles. The molecule has 0 saturated heterocycles. The minimum atomic E-state index is -0.325. The van der Waals surface area contributed by atoms with Crippen LogP contribution >= 0.6 is 15.9 Å². The van der Waals surface area contributed by atoms with Gasteiger partial charge in [-0.15, -0.1) is 0 Å². The maximum Gasteiger partial charge on any atom is 0.172 e. The topological polar surface area (TPSA) is 35.5 Å². The van der Waals surface area contributed by atoms with E-state index in [-0.39, 0.29) is 12.4 Å². The van der Waals surface area contributed by atoms with Gasteiger partial charge in [-0.05, 0) is 31.2 Å². The average molecular weight is 353 g/mol. The highest BCUT2D eigenvalue weighted by atomic mass is 79.9. The zero-order valence-electron chi connectivity index (χ0n) is 11.4. The number of ether oxygens (including phenoxy) is 2. The standard InChI is InChI=1S/C16H14BrFO3/c1-2-20-15-5-3-4-11(9-19)16(15)21-10-12-6-7-13(18)8-14(12)17/h3-9H,2,10H2,1H3. The fourth-order valence-electron chi connectivity index (χ4n) is 1.84. The molecule has 0 aromatic heterocycles. The van der Waals surface area contributed by atoms with Crippen LogP contribution < -0.4 is 9.47 Å². The number of para-hydroxylation sites is 1. The highest BCUT2D eigenvalue weighted by molar-refractivity contribution is 9.10. The van der Waals surface area contributed by atoms with E-state index in [1.807, 2.05) is 6.92 Å². The molecule has 0 fully saturated rings. The summed E-state index contributed by atoms with van der Waals surface area (Å²) in [5.74, 6) is 0.583. The van der Waals surface area contributed by atoms with Crippen molar-refractivity contribution in [2.75, 3.05) is 6.61 Å². The smallest absolute Gasteiger partial charge is 0.172 e. The monoisotopic (exact) mass is 352 g/mol. The van der Waals surface area contributed by atoms with Crippen molar-refractivity contribution < 1.29 is 18.7 Å². The maximum absolute atomic E-state index is 13.1. The van der Waals surface area contributed by atoms with Gasteiger partial charge in [0.2, 0.25) is 0 Å². The fraction of sp³-hybridized carbons (Fsp3) is 0.188. The van der Waals surface area contributed by atoms with E-state index in [4.69, 9.17) is 9.47 Å². The van der Waals surface area contributed by atoms with Crippen LogP contribution in [0.4, 0.5) is 4.39 Å². The third-order valence-corrected chi connectivity index (χ3v) is 3.56. The molecule has 2 rings (SSSR count). The van der Waals surface area contributed by atoms with E-state index in [2.05, 4.69) is 15.9 Å². The highest BCUT2D eigenvalue weighted by Gasteiger charge is 2.12. The second-order valence-electron chi connectivity index (χ2n) is 4.25. The highest BCUT2D eigenvalue weighted by Crippen LogP contribution is 2.31. The number of hydrogen-bond donors (Lipinski definition) is 0. The van der Waals surface area contributed by atoms with Crippen molar-refractivity contribution in [3.8, 4) is 11.5 Å². The van der Waals surface area contributed by atoms with Crippen molar-refractivity contribution in [1.82, 2.24) is 0 Å². The van der Waals surface area contributed by atoms with E-state index in [0.29, 0.717) is 28.1 Å². The van der Waals surface area contributed by atoms with Crippen LogP contribution in [0.2, 0.25) is 0 Å². The number of rotatable bonds is 6. The second-order valence-corrected chi connectivity index (χ2v) is 5.10. The average Bonchev–Trinajstić information content (AvgIpc) is 2.47. The third-order valence-electron chi connectivity index (χ3n) is 2.82. The molecule has 0 radical (unpaired) electrons. The number of hydrogen-bond acceptors (Lipinski definition) is 3. The summed E-state index contributed by atoms with van der Waals surface area (Å²) < 4.78 is 24.8. The fourth-order valence-corrected chi connectivity index (χ4v) is 2.30. The molecule has 0 unspecified atom stereocenters. The maximum atomic E-state index is 13.1. The van der Waals surface area contributed by atoms with Gasteiger partial charge in [-0.2, -0.15) is 0 Å². The minimum absolute atomic E-state index is 0.200. The van der Waals surface area contributed by atoms with Crippen LogP contribution in [0.1, 0.15) is 22.8 Å². The van der Waals surface area contributed by atoms with Gasteiger partial charge in [-0.25, -0.2) is 4.39 Å². The zero-order chi connectivity index (χ0) is 15.2. The zero-order valence-corrected chi connectivity index (χ0v) is 13.0. The van der Waals surface area contributed by atoms with E-state index in [1.54, 1.807) is 24.3 Å². The lowest BCUT2D eigenvalue weighted by Crippen LogP contribution is -2.03. The Balaban J connectivity index is 2.24. The molecule has 0 spiro atoms. The van der Waals surface area contributed by atoms with Gasteiger partial charge in [-0.1, -0.05) is 28.1 Å². The molecule has 0 aliphatic carbocycles. The summed E-state index contributed by atoms with van der Waals surface area (Å²) in [6.45, 7) is 2.53. The van der Waals surface area contributed by atoms with Crippen molar-refractivity contribution in [3.05, 3.63) is 57.8 Å². The Labute approximate surface area is 130 Å². The number of carbonyl (C=O) groups excluding carboxylic acids is 1. The second kappa shape index (κ2) is 7.22. The predicted octanol–water partition coefficient (Wildman–Crippen LogP) is 4.38. The Hall–Kier alpha value is -1.88. The molecule has 21 heavy (non-hydrogen) atoms. The molecule has 0 N–H and O–H groups in total. The van der Waals surface area contributed by atoms with E-state index in [0.717, 1.165) is 11.8 Å². The molecule has 2 aromatic carbocycles. The first kappa shape index (κ1) is 15.5. The van der Waals surface area contributed by atoms with Gasteiger partial charge in [0.1, 0.15) is 12.4 Å². The van der Waals surface area contributed by atoms with E-state index in [1.165, 1.54) is 12.1 Å². The number of halogens is 2. The summed E-state index contributed by atoms with van der Waals surface area (Å²) in [5, 5.41) is 0. The molecular formula is C16H14BrFO3. The van der Waals surface area contributed by atoms with Crippen LogP contribution in [0.15, 0.2) is 40.9 Å². The van der Waals surface area contributed by atoms with Gasteiger partial charge in [0.05, 0.1) is 12.2 Å². The summed E-state index contributed by atoms with van der Waals surface area (Å²) in [5.41, 5.74) is 1.19. The Kier molecular flexibility index (Phi) is 5.33. The van der Waals surface area contributed by atoms with E-state index < -0.39 is 0 Å². The van der Waals surface area contributed by atoms with Crippen molar-refractivity contribution in [1.29, 1.82) is 0 Å². The summed E-state index contributed by atoms with van der Waals surface area (Å²) in [6, 6.07) is 9.49. The van der Waals surface area contributed by atoms with E-state index in [9.17, 15) is 9.18 Å². The van der Waals surface area contributed by atoms with Gasteiger partial charge >= 0.3 is 0 Å². The van der Waals surface area contributed by atoms with Crippen molar-refractivity contribution in [3.63, 3.8) is 0 Å². The quantitative estimate of drug-likeness (QED) is 0.723. The van der Waals surface area contributed by atoms with Crippen molar-refractivity contribution in [2.24, 2.45) is 0 Å². The van der Waals surface area contributed by atoms with Gasteiger partial charge < -0.3 is 9.47 Å². The van der Waals surface area contributed by atoms with Crippen LogP contribution in [0, 0.1) is 5.82 Å². The van der Waals surface area contributed by atoms with Crippen LogP contribution in [0.5, 0.6) is 11.5 Å². The van der Waals surface area contributed by atoms with E-state index >= 15 is 0 Å². The van der Waals surface area contributed by atoms with Gasteiger partial charge in [0.25, 0.3) is 0 Å². The van der Waals surface area contributed by atoms with Crippen LogP contribution in [0.3, 0.4) is 0 Å². The lowest BCUT2D eigenvalue weighted by atomic mass is 10.2. The van der Waals surface area contributed by atoms with Crippen molar-refractivity contribution >= 4 is 22.2 Å². The lowest BCUT2D eigenvalue weighted by Gasteiger charge is -2.14. The number of aldehydes is 1. The first-order chi connectivity index (χ1) is 10.2. The largest absolute Gasteiger partial charge is 0.490 e. The Morgan fingerprint density at radius 3 is 2.71 bits per heavy atom. The SMILES string of the molecule is CCOc1cccc(C=O)c1OCc1ccc(F)cc1Br. The molecule has 5 heteroatoms. The molecule has 110 valence electrons. The van der Waals surface area contributed by atoms with Crippen LogP contribution in [-0.2, 0) is 6.61 Å². The summed E-state index contributed by atoms with van der Waals surface area (Å²) in [6.07, 6.45) is 0.720. The summed E-state index contributed by atoms with van der Waals surface area (Å²) >= 11 is 3.28. The normalized spacial score (nSPS) is 10.2. The summed E-state index contributed by atoms with van der Waals surface area (Å²) in [7, 11) is 0. The predicted molar refractivity (Wildman–Crippen MR) is 81.4 cm³/mol. The molecule has 2 aromatic rings. The molecule has 0 amide bonds.